The first-order valence-corrected chi connectivity index (χ1v) is 12.0. The molecule has 0 atom stereocenters. The number of benzene rings is 3. The molecule has 186 valence electrons. The number of rotatable bonds is 6. The number of anilines is 2. The maximum atomic E-state index is 15.1. The average molecular weight is 519 g/mol. The molecule has 0 aliphatic heterocycles. The third kappa shape index (κ3) is 4.66. The number of nitrogen functional groups attached to an aromatic ring is 1. The van der Waals surface area contributed by atoms with Gasteiger partial charge in [0.25, 0.3) is 11.5 Å². The normalized spacial score (nSPS) is 11.0. The molecule has 5 rings (SSSR count). The zero-order chi connectivity index (χ0) is 26.1. The van der Waals surface area contributed by atoms with E-state index in [4.69, 9.17) is 10.5 Å². The number of pyridine rings is 1. The molecule has 0 radical (unpaired) electrons. The van der Waals surface area contributed by atoms with E-state index >= 15 is 4.39 Å². The highest BCUT2D eigenvalue weighted by atomic mass is 32.1. The van der Waals surface area contributed by atoms with Gasteiger partial charge < -0.3 is 15.8 Å². The fraction of sp³-hybridized carbons (Fsp3) is 0.0741. The van der Waals surface area contributed by atoms with Crippen LogP contribution in [0.2, 0.25) is 0 Å². The van der Waals surface area contributed by atoms with Gasteiger partial charge in [0, 0.05) is 28.5 Å². The molecule has 2 heterocycles. The Morgan fingerprint density at radius 3 is 2.59 bits per heavy atom. The largest absolute Gasteiger partial charge is 0.493 e. The van der Waals surface area contributed by atoms with Crippen LogP contribution >= 0.6 is 11.5 Å². The van der Waals surface area contributed by atoms with E-state index in [0.29, 0.717) is 22.6 Å². The highest BCUT2D eigenvalue weighted by molar-refractivity contribution is 7.13. The standard InChI is InChI=1S/C27H20F2N4O3S/c1-2-36-22-11-12-33(18-7-4-16(28)5-8-18)27(35)24(22)26(34)31-17-6-9-19(21(29)14-17)15-3-10-23-20(13-15)25(30)32-37-23/h3-14H,2H2,1H3,(H2,30,32)(H,31,34). The summed E-state index contributed by atoms with van der Waals surface area (Å²) in [4.78, 5) is 26.4. The molecule has 10 heteroatoms. The predicted octanol–water partition coefficient (Wildman–Crippen LogP) is 5.63. The lowest BCUT2D eigenvalue weighted by atomic mass is 10.0. The molecule has 7 nitrogen and oxygen atoms in total. The molecular formula is C27H20F2N4O3S. The van der Waals surface area contributed by atoms with Crippen molar-refractivity contribution in [1.82, 2.24) is 8.94 Å². The van der Waals surface area contributed by atoms with Crippen LogP contribution in [0.5, 0.6) is 5.75 Å². The van der Waals surface area contributed by atoms with Crippen molar-refractivity contribution in [3.8, 4) is 22.6 Å². The second-order valence-corrected chi connectivity index (χ2v) is 8.87. The van der Waals surface area contributed by atoms with Gasteiger partial charge in [-0.15, -0.1) is 0 Å². The third-order valence-electron chi connectivity index (χ3n) is 5.72. The molecule has 0 saturated carbocycles. The Balaban J connectivity index is 1.47. The van der Waals surface area contributed by atoms with Crippen LogP contribution in [0.15, 0.2) is 77.7 Å². The van der Waals surface area contributed by atoms with Crippen molar-refractivity contribution in [3.05, 3.63) is 100 Å². The van der Waals surface area contributed by atoms with Crippen molar-refractivity contribution in [2.24, 2.45) is 0 Å². The van der Waals surface area contributed by atoms with Crippen molar-refractivity contribution < 1.29 is 18.3 Å². The summed E-state index contributed by atoms with van der Waals surface area (Å²) in [5.41, 5.74) is 6.43. The smallest absolute Gasteiger partial charge is 0.271 e. The van der Waals surface area contributed by atoms with Crippen molar-refractivity contribution >= 4 is 39.0 Å². The van der Waals surface area contributed by atoms with Gasteiger partial charge in [-0.1, -0.05) is 6.07 Å². The summed E-state index contributed by atoms with van der Waals surface area (Å²) in [5, 5.41) is 3.32. The number of hydrogen-bond donors (Lipinski definition) is 2. The van der Waals surface area contributed by atoms with Gasteiger partial charge in [0.05, 0.1) is 11.3 Å². The number of fused-ring (bicyclic) bond motifs is 1. The van der Waals surface area contributed by atoms with E-state index in [1.54, 1.807) is 19.1 Å². The molecule has 5 aromatic rings. The summed E-state index contributed by atoms with van der Waals surface area (Å²) in [6, 6.07) is 16.4. The van der Waals surface area contributed by atoms with Gasteiger partial charge >= 0.3 is 0 Å². The minimum atomic E-state index is -0.768. The number of nitrogens with two attached hydrogens (primary N) is 1. The fourth-order valence-corrected chi connectivity index (χ4v) is 4.64. The minimum absolute atomic E-state index is 0.0794. The molecular weight excluding hydrogens is 498 g/mol. The Morgan fingerprint density at radius 1 is 1.08 bits per heavy atom. The lowest BCUT2D eigenvalue weighted by molar-refractivity contribution is 0.102. The number of aromatic nitrogens is 2. The first kappa shape index (κ1) is 24.1. The van der Waals surface area contributed by atoms with E-state index in [2.05, 4.69) is 9.69 Å². The second-order valence-electron chi connectivity index (χ2n) is 8.07. The lowest BCUT2D eigenvalue weighted by Gasteiger charge is -2.14. The molecule has 0 bridgehead atoms. The third-order valence-corrected chi connectivity index (χ3v) is 6.56. The Bertz CT molecular complexity index is 1700. The molecule has 0 saturated heterocycles. The van der Waals surface area contributed by atoms with Gasteiger partial charge in [0.1, 0.15) is 28.8 Å². The number of nitrogens with zero attached hydrogens (tertiary/aromatic N) is 2. The zero-order valence-corrected chi connectivity index (χ0v) is 20.3. The molecule has 3 aromatic carbocycles. The predicted molar refractivity (Wildman–Crippen MR) is 141 cm³/mol. The van der Waals surface area contributed by atoms with E-state index < -0.39 is 23.1 Å². The number of ether oxygens (including phenoxy) is 1. The molecule has 0 aliphatic carbocycles. The SMILES string of the molecule is CCOc1ccn(-c2ccc(F)cc2)c(=O)c1C(=O)Nc1ccc(-c2ccc3snc(N)c3c2)c(F)c1. The topological polar surface area (TPSA) is 99.2 Å². The molecule has 3 N–H and O–H groups in total. The van der Waals surface area contributed by atoms with Gasteiger partial charge in [0.15, 0.2) is 0 Å². The van der Waals surface area contributed by atoms with Gasteiger partial charge in [-0.05, 0) is 84.7 Å². The molecule has 0 spiro atoms. The van der Waals surface area contributed by atoms with Crippen molar-refractivity contribution in [2.75, 3.05) is 17.7 Å². The van der Waals surface area contributed by atoms with Crippen molar-refractivity contribution in [2.45, 2.75) is 6.92 Å². The average Bonchev–Trinajstić information content (AvgIpc) is 3.25. The van der Waals surface area contributed by atoms with E-state index in [0.717, 1.165) is 10.1 Å². The molecule has 0 unspecified atom stereocenters. The molecule has 37 heavy (non-hydrogen) atoms. The number of carbonyl (C=O) groups excluding carboxylic acids is 1. The number of hydrogen-bond acceptors (Lipinski definition) is 6. The number of carbonyl (C=O) groups is 1. The molecule has 0 fully saturated rings. The van der Waals surface area contributed by atoms with Gasteiger partial charge in [-0.3, -0.25) is 14.2 Å². The highest BCUT2D eigenvalue weighted by Gasteiger charge is 2.21. The Labute approximate surface area is 213 Å². The van der Waals surface area contributed by atoms with E-state index in [-0.39, 0.29) is 23.6 Å². The second kappa shape index (κ2) is 9.82. The summed E-state index contributed by atoms with van der Waals surface area (Å²) >= 11 is 1.26. The van der Waals surface area contributed by atoms with Gasteiger partial charge in [0.2, 0.25) is 0 Å². The van der Waals surface area contributed by atoms with E-state index in [1.165, 1.54) is 70.8 Å². The monoisotopic (exact) mass is 518 g/mol. The van der Waals surface area contributed by atoms with Crippen LogP contribution in [-0.4, -0.2) is 21.5 Å². The highest BCUT2D eigenvalue weighted by Crippen LogP contribution is 2.32. The minimum Gasteiger partial charge on any atom is -0.493 e. The summed E-state index contributed by atoms with van der Waals surface area (Å²) in [5.74, 6) is -1.33. The van der Waals surface area contributed by atoms with Crippen LogP contribution in [0, 0.1) is 11.6 Å². The lowest BCUT2D eigenvalue weighted by Crippen LogP contribution is -2.29. The van der Waals surface area contributed by atoms with E-state index in [1.807, 2.05) is 6.07 Å². The number of amides is 1. The van der Waals surface area contributed by atoms with E-state index in [9.17, 15) is 14.0 Å². The van der Waals surface area contributed by atoms with Crippen molar-refractivity contribution in [3.63, 3.8) is 0 Å². The quantitative estimate of drug-likeness (QED) is 0.304. The molecule has 2 aromatic heterocycles. The Morgan fingerprint density at radius 2 is 1.86 bits per heavy atom. The fourth-order valence-electron chi connectivity index (χ4n) is 3.95. The van der Waals surface area contributed by atoms with Crippen LogP contribution in [0.1, 0.15) is 17.3 Å². The zero-order valence-electron chi connectivity index (χ0n) is 19.5. The number of halogens is 2. The maximum absolute atomic E-state index is 15.1. The summed E-state index contributed by atoms with van der Waals surface area (Å²) in [6.07, 6.45) is 1.44. The van der Waals surface area contributed by atoms with Crippen LogP contribution < -0.4 is 21.3 Å². The van der Waals surface area contributed by atoms with Gasteiger partial charge in [-0.25, -0.2) is 8.78 Å². The Kier molecular flexibility index (Phi) is 6.41. The van der Waals surface area contributed by atoms with Gasteiger partial charge in [-0.2, -0.15) is 4.37 Å². The van der Waals surface area contributed by atoms with Crippen LogP contribution in [0.4, 0.5) is 20.3 Å². The first-order chi connectivity index (χ1) is 17.9. The molecule has 0 aliphatic rings. The summed E-state index contributed by atoms with van der Waals surface area (Å²) in [6.45, 7) is 1.94. The Hall–Kier alpha value is -4.57. The number of nitrogens with one attached hydrogen (secondary N) is 1. The van der Waals surface area contributed by atoms with Crippen LogP contribution in [0.3, 0.4) is 0 Å². The van der Waals surface area contributed by atoms with Crippen molar-refractivity contribution in [1.29, 1.82) is 0 Å². The summed E-state index contributed by atoms with van der Waals surface area (Å²) in [7, 11) is 0. The van der Waals surface area contributed by atoms with Crippen LogP contribution in [0.25, 0.3) is 26.9 Å². The summed E-state index contributed by atoms with van der Waals surface area (Å²) < 4.78 is 40.2. The van der Waals surface area contributed by atoms with Crippen LogP contribution in [-0.2, 0) is 0 Å². The maximum Gasteiger partial charge on any atom is 0.271 e. The molecule has 1 amide bonds. The first-order valence-electron chi connectivity index (χ1n) is 11.3.